The molecule has 5 aromatic rings. The lowest BCUT2D eigenvalue weighted by Crippen LogP contribution is -2.20. The molecule has 0 aliphatic rings. The van der Waals surface area contributed by atoms with Gasteiger partial charge < -0.3 is 19.4 Å². The van der Waals surface area contributed by atoms with Crippen LogP contribution in [0.1, 0.15) is 34.1 Å². The molecule has 2 N–H and O–H groups in total. The second kappa shape index (κ2) is 14.4. The first-order valence-electron chi connectivity index (χ1n) is 14.5. The van der Waals surface area contributed by atoms with Crippen molar-refractivity contribution in [3.05, 3.63) is 131 Å². The topological polar surface area (TPSA) is 93.9 Å². The van der Waals surface area contributed by atoms with Gasteiger partial charge in [-0.1, -0.05) is 59.6 Å². The Kier molecular flexibility index (Phi) is 9.97. The molecule has 0 fully saturated rings. The number of aromatic nitrogens is 1. The minimum absolute atomic E-state index is 0.239. The van der Waals surface area contributed by atoms with Crippen LogP contribution in [0.3, 0.4) is 0 Å². The van der Waals surface area contributed by atoms with Crippen LogP contribution in [0.15, 0.2) is 108 Å². The van der Waals surface area contributed by atoms with Gasteiger partial charge in [0.15, 0.2) is 18.1 Å². The predicted octanol–water partition coefficient (Wildman–Crippen LogP) is 7.59. The highest BCUT2D eigenvalue weighted by Crippen LogP contribution is 2.36. The summed E-state index contributed by atoms with van der Waals surface area (Å²) >= 11 is 6.50. The number of nitrogens with one attached hydrogen (secondary N) is 2. The van der Waals surface area contributed by atoms with Gasteiger partial charge in [0.1, 0.15) is 0 Å². The van der Waals surface area contributed by atoms with Gasteiger partial charge in [0, 0.05) is 22.6 Å². The summed E-state index contributed by atoms with van der Waals surface area (Å²) < 4.78 is 13.6. The van der Waals surface area contributed by atoms with Crippen molar-refractivity contribution in [2.45, 2.75) is 20.8 Å². The summed E-state index contributed by atoms with van der Waals surface area (Å²) in [6.07, 6.45) is 1.46. The van der Waals surface area contributed by atoms with E-state index in [0.717, 1.165) is 28.2 Å². The van der Waals surface area contributed by atoms with Gasteiger partial charge >= 0.3 is 0 Å². The Balaban J connectivity index is 1.22. The zero-order valence-corrected chi connectivity index (χ0v) is 26.0. The molecule has 9 heteroatoms. The first-order chi connectivity index (χ1) is 21.8. The van der Waals surface area contributed by atoms with E-state index in [1.54, 1.807) is 24.3 Å². The molecule has 0 unspecified atom stereocenters. The summed E-state index contributed by atoms with van der Waals surface area (Å²) in [5, 5.41) is 7.13. The van der Waals surface area contributed by atoms with Gasteiger partial charge in [-0.25, -0.2) is 5.43 Å². The van der Waals surface area contributed by atoms with Crippen molar-refractivity contribution >= 4 is 35.3 Å². The van der Waals surface area contributed by atoms with Gasteiger partial charge in [-0.3, -0.25) is 9.59 Å². The molecule has 0 bridgehead atoms. The van der Waals surface area contributed by atoms with E-state index < -0.39 is 0 Å². The third kappa shape index (κ3) is 7.79. The Morgan fingerprint density at radius 1 is 0.889 bits per heavy atom. The van der Waals surface area contributed by atoms with Crippen LogP contribution in [0.2, 0.25) is 5.02 Å². The monoisotopic (exact) mass is 620 g/mol. The second-order valence-electron chi connectivity index (χ2n) is 10.3. The van der Waals surface area contributed by atoms with Gasteiger partial charge in [0.2, 0.25) is 0 Å². The maximum atomic E-state index is 12.8. The number of amides is 2. The molecule has 0 atom stereocenters. The summed E-state index contributed by atoms with van der Waals surface area (Å²) in [5.41, 5.74) is 9.57. The van der Waals surface area contributed by atoms with E-state index in [2.05, 4.69) is 44.7 Å². The van der Waals surface area contributed by atoms with Crippen LogP contribution in [-0.2, 0) is 4.79 Å². The van der Waals surface area contributed by atoms with Gasteiger partial charge in [-0.05, 0) is 92.6 Å². The molecule has 228 valence electrons. The molecule has 45 heavy (non-hydrogen) atoms. The summed E-state index contributed by atoms with van der Waals surface area (Å²) in [5.74, 6) is -0.0984. The van der Waals surface area contributed by atoms with Crippen molar-refractivity contribution in [2.24, 2.45) is 5.10 Å². The molecule has 2 amide bonds. The number of aryl methyl sites for hydroxylation is 2. The quantitative estimate of drug-likeness (QED) is 0.117. The van der Waals surface area contributed by atoms with Crippen molar-refractivity contribution in [2.75, 3.05) is 18.5 Å². The van der Waals surface area contributed by atoms with Crippen molar-refractivity contribution < 1.29 is 19.1 Å². The summed E-state index contributed by atoms with van der Waals surface area (Å²) in [7, 11) is 0. The molecule has 5 rings (SSSR count). The molecule has 0 aliphatic heterocycles. The number of anilines is 1. The lowest BCUT2D eigenvalue weighted by molar-refractivity contribution is -0.118. The fraction of sp³-hybridized carbons (Fsp3) is 0.139. The average Bonchev–Trinajstić information content (AvgIpc) is 3.43. The highest BCUT2D eigenvalue weighted by atomic mass is 35.5. The van der Waals surface area contributed by atoms with Gasteiger partial charge in [0.25, 0.3) is 11.8 Å². The number of hydrazone groups is 1. The molecule has 0 aliphatic carbocycles. The lowest BCUT2D eigenvalue weighted by Gasteiger charge is -2.14. The van der Waals surface area contributed by atoms with Crippen molar-refractivity contribution in [1.82, 2.24) is 9.99 Å². The minimum atomic E-state index is -0.360. The molecule has 1 heterocycles. The fourth-order valence-electron chi connectivity index (χ4n) is 4.74. The van der Waals surface area contributed by atoms with E-state index in [1.807, 2.05) is 75.4 Å². The standard InChI is InChI=1S/C36H33ClN4O4/c1-4-44-33-21-26(20-31(37)35(33)45-23-34(42)39-29-15-10-24(2)11-16-29)22-38-40-36(43)28-13-17-30(18-14-28)41-25(3)12-19-32(41)27-8-6-5-7-9-27/h5-22H,4,23H2,1-3H3,(H,39,42)(H,40,43)/b38-22+. The fourth-order valence-corrected chi connectivity index (χ4v) is 5.02. The highest BCUT2D eigenvalue weighted by molar-refractivity contribution is 6.32. The lowest BCUT2D eigenvalue weighted by atomic mass is 10.1. The number of ether oxygens (including phenoxy) is 2. The van der Waals surface area contributed by atoms with Crippen molar-refractivity contribution in [1.29, 1.82) is 0 Å². The smallest absolute Gasteiger partial charge is 0.271 e. The summed E-state index contributed by atoms with van der Waals surface area (Å²) in [6.45, 7) is 5.94. The maximum Gasteiger partial charge on any atom is 0.271 e. The molecule has 8 nitrogen and oxygen atoms in total. The summed E-state index contributed by atoms with van der Waals surface area (Å²) in [4.78, 5) is 25.3. The molecular formula is C36H33ClN4O4. The number of carbonyl (C=O) groups excluding carboxylic acids is 2. The average molecular weight is 621 g/mol. The van der Waals surface area contributed by atoms with E-state index in [0.29, 0.717) is 29.2 Å². The normalized spacial score (nSPS) is 10.9. The van der Waals surface area contributed by atoms with Gasteiger partial charge in [-0.15, -0.1) is 0 Å². The van der Waals surface area contributed by atoms with E-state index >= 15 is 0 Å². The Bertz CT molecular complexity index is 1820. The van der Waals surface area contributed by atoms with E-state index in [9.17, 15) is 9.59 Å². The maximum absolute atomic E-state index is 12.8. The number of hydrogen-bond acceptors (Lipinski definition) is 5. The Morgan fingerprint density at radius 2 is 1.62 bits per heavy atom. The van der Waals surface area contributed by atoms with Crippen LogP contribution in [0.4, 0.5) is 5.69 Å². The number of nitrogens with zero attached hydrogens (tertiary/aromatic N) is 2. The van der Waals surface area contributed by atoms with Crippen LogP contribution in [0, 0.1) is 13.8 Å². The first kappa shape index (κ1) is 31.1. The predicted molar refractivity (Wildman–Crippen MR) is 179 cm³/mol. The molecule has 0 saturated carbocycles. The van der Waals surface area contributed by atoms with Crippen LogP contribution in [-0.4, -0.2) is 35.8 Å². The third-order valence-electron chi connectivity index (χ3n) is 6.93. The molecule has 1 aromatic heterocycles. The number of rotatable bonds is 11. The zero-order valence-electron chi connectivity index (χ0n) is 25.2. The SMILES string of the molecule is CCOc1cc(/C=N/NC(=O)c2ccc(-n3c(C)ccc3-c3ccccc3)cc2)cc(Cl)c1OCC(=O)Nc1ccc(C)cc1. The van der Waals surface area contributed by atoms with E-state index in [4.69, 9.17) is 21.1 Å². The van der Waals surface area contributed by atoms with Crippen molar-refractivity contribution in [3.63, 3.8) is 0 Å². The Hall–Kier alpha value is -5.34. The van der Waals surface area contributed by atoms with E-state index in [1.165, 1.54) is 6.21 Å². The van der Waals surface area contributed by atoms with Crippen LogP contribution in [0.25, 0.3) is 16.9 Å². The third-order valence-corrected chi connectivity index (χ3v) is 7.21. The Morgan fingerprint density at radius 3 is 2.33 bits per heavy atom. The first-order valence-corrected chi connectivity index (χ1v) is 14.8. The largest absolute Gasteiger partial charge is 0.490 e. The van der Waals surface area contributed by atoms with Crippen LogP contribution >= 0.6 is 11.6 Å². The zero-order chi connectivity index (χ0) is 31.8. The molecular weight excluding hydrogens is 588 g/mol. The number of benzene rings is 4. The van der Waals surface area contributed by atoms with Gasteiger partial charge in [-0.2, -0.15) is 5.10 Å². The molecule has 0 radical (unpaired) electrons. The van der Waals surface area contributed by atoms with Gasteiger partial charge in [0.05, 0.1) is 23.5 Å². The summed E-state index contributed by atoms with van der Waals surface area (Å²) in [6, 6.07) is 32.4. The highest BCUT2D eigenvalue weighted by Gasteiger charge is 2.15. The molecule has 0 spiro atoms. The van der Waals surface area contributed by atoms with E-state index in [-0.39, 0.29) is 29.2 Å². The minimum Gasteiger partial charge on any atom is -0.490 e. The Labute approximate surface area is 267 Å². The second-order valence-corrected chi connectivity index (χ2v) is 10.7. The number of carbonyl (C=O) groups is 2. The number of halogens is 1. The van der Waals surface area contributed by atoms with Crippen LogP contribution in [0.5, 0.6) is 11.5 Å². The van der Waals surface area contributed by atoms with Crippen LogP contribution < -0.4 is 20.2 Å². The molecule has 0 saturated heterocycles. The number of hydrogen-bond donors (Lipinski definition) is 2. The van der Waals surface area contributed by atoms with Crippen molar-refractivity contribution in [3.8, 4) is 28.4 Å². The molecule has 4 aromatic carbocycles.